The molecule has 0 aromatic heterocycles. The van der Waals surface area contributed by atoms with Crippen LogP contribution in [0.2, 0.25) is 0 Å². The van der Waals surface area contributed by atoms with Crippen molar-refractivity contribution in [2.24, 2.45) is 0 Å². The summed E-state index contributed by atoms with van der Waals surface area (Å²) in [5.74, 6) is 0.0218. The van der Waals surface area contributed by atoms with Crippen molar-refractivity contribution in [3.05, 3.63) is 65.2 Å². The van der Waals surface area contributed by atoms with Crippen LogP contribution in [-0.2, 0) is 0 Å². The molecule has 2 aromatic carbocycles. The lowest BCUT2D eigenvalue weighted by Gasteiger charge is -2.28. The van der Waals surface area contributed by atoms with Crippen molar-refractivity contribution in [2.75, 3.05) is 25.9 Å². The Hall–Kier alpha value is -1.78. The van der Waals surface area contributed by atoms with Crippen molar-refractivity contribution in [2.45, 2.75) is 30.7 Å². The van der Waals surface area contributed by atoms with Gasteiger partial charge in [-0.05, 0) is 62.4 Å². The van der Waals surface area contributed by atoms with Crippen LogP contribution in [-0.4, -0.2) is 36.7 Å². The average Bonchev–Trinajstić information content (AvgIpc) is 3.17. The number of amides is 1. The lowest BCUT2D eigenvalue weighted by molar-refractivity contribution is 0.0937. The van der Waals surface area contributed by atoms with Gasteiger partial charge in [-0.15, -0.1) is 11.8 Å². The fourth-order valence-corrected chi connectivity index (χ4v) is 3.88. The number of nitrogens with one attached hydrogen (secondary N) is 1. The summed E-state index contributed by atoms with van der Waals surface area (Å²) in [6.07, 6.45) is 4.52. The van der Waals surface area contributed by atoms with Gasteiger partial charge in [0.1, 0.15) is 0 Å². The molecule has 1 amide bonds. The molecule has 3 rings (SSSR count). The van der Waals surface area contributed by atoms with Crippen LogP contribution in [0.1, 0.15) is 40.4 Å². The minimum Gasteiger partial charge on any atom is -0.350 e. The Balaban J connectivity index is 1.73. The molecule has 0 aliphatic carbocycles. The van der Waals surface area contributed by atoms with Gasteiger partial charge in [-0.3, -0.25) is 9.69 Å². The highest BCUT2D eigenvalue weighted by Crippen LogP contribution is 2.25. The summed E-state index contributed by atoms with van der Waals surface area (Å²) in [5, 5.41) is 3.18. The van der Waals surface area contributed by atoms with Crippen molar-refractivity contribution in [1.82, 2.24) is 10.2 Å². The molecule has 1 atom stereocenters. The molecule has 0 radical (unpaired) electrons. The topological polar surface area (TPSA) is 32.3 Å². The van der Waals surface area contributed by atoms with Gasteiger partial charge in [-0.1, -0.05) is 36.4 Å². The van der Waals surface area contributed by atoms with Crippen molar-refractivity contribution >= 4 is 17.7 Å². The van der Waals surface area contributed by atoms with E-state index in [1.165, 1.54) is 18.4 Å². The van der Waals surface area contributed by atoms with E-state index in [9.17, 15) is 4.79 Å². The third-order valence-electron chi connectivity index (χ3n) is 4.91. The van der Waals surface area contributed by atoms with E-state index in [2.05, 4.69) is 40.5 Å². The van der Waals surface area contributed by atoms with E-state index >= 15 is 0 Å². The SMILES string of the molecule is CSc1ccc(C)c(C(=O)NCC(c2ccccc2)N2CCCC2)c1. The maximum Gasteiger partial charge on any atom is 0.251 e. The molecule has 1 aliphatic rings. The smallest absolute Gasteiger partial charge is 0.251 e. The van der Waals surface area contributed by atoms with Gasteiger partial charge in [0.2, 0.25) is 0 Å². The standard InChI is InChI=1S/C21H26N2OS/c1-16-10-11-18(25-2)14-19(16)21(24)22-15-20(23-12-6-7-13-23)17-8-4-3-5-9-17/h3-5,8-11,14,20H,6-7,12-13,15H2,1-2H3,(H,22,24). The van der Waals surface area contributed by atoms with Crippen LogP contribution in [0.25, 0.3) is 0 Å². The fraction of sp³-hybridized carbons (Fsp3) is 0.381. The van der Waals surface area contributed by atoms with E-state index in [0.29, 0.717) is 6.54 Å². The van der Waals surface area contributed by atoms with E-state index in [0.717, 1.165) is 29.1 Å². The number of benzene rings is 2. The number of aryl methyl sites for hydroxylation is 1. The van der Waals surface area contributed by atoms with Gasteiger partial charge in [0.25, 0.3) is 5.91 Å². The number of likely N-dealkylation sites (tertiary alicyclic amines) is 1. The third-order valence-corrected chi connectivity index (χ3v) is 5.64. The zero-order valence-corrected chi connectivity index (χ0v) is 15.8. The van der Waals surface area contributed by atoms with Gasteiger partial charge in [-0.25, -0.2) is 0 Å². The summed E-state index contributed by atoms with van der Waals surface area (Å²) >= 11 is 1.66. The predicted molar refractivity (Wildman–Crippen MR) is 105 cm³/mol. The van der Waals surface area contributed by atoms with Crippen LogP contribution >= 0.6 is 11.8 Å². The van der Waals surface area contributed by atoms with Gasteiger partial charge in [0.15, 0.2) is 0 Å². The molecule has 0 bridgehead atoms. The first-order valence-electron chi connectivity index (χ1n) is 8.91. The summed E-state index contributed by atoms with van der Waals surface area (Å²) in [5.41, 5.74) is 3.08. The molecule has 2 aromatic rings. The summed E-state index contributed by atoms with van der Waals surface area (Å²) in [7, 11) is 0. The van der Waals surface area contributed by atoms with Crippen molar-refractivity contribution in [3.63, 3.8) is 0 Å². The first kappa shape index (κ1) is 18.0. The second-order valence-electron chi connectivity index (χ2n) is 6.56. The molecule has 132 valence electrons. The molecule has 25 heavy (non-hydrogen) atoms. The first-order chi connectivity index (χ1) is 12.2. The van der Waals surface area contributed by atoms with E-state index in [1.54, 1.807) is 11.8 Å². The summed E-state index contributed by atoms with van der Waals surface area (Å²) in [4.78, 5) is 16.4. The predicted octanol–water partition coefficient (Wildman–Crippen LogP) is 4.28. The van der Waals surface area contributed by atoms with Gasteiger partial charge >= 0.3 is 0 Å². The number of carbonyl (C=O) groups excluding carboxylic acids is 1. The highest BCUT2D eigenvalue weighted by Gasteiger charge is 2.24. The summed E-state index contributed by atoms with van der Waals surface area (Å²) in [6.45, 7) is 4.85. The van der Waals surface area contributed by atoms with Gasteiger partial charge in [-0.2, -0.15) is 0 Å². The highest BCUT2D eigenvalue weighted by atomic mass is 32.2. The molecular formula is C21H26N2OS. The molecule has 3 nitrogen and oxygen atoms in total. The van der Waals surface area contributed by atoms with Crippen molar-refractivity contribution in [1.29, 1.82) is 0 Å². The Kier molecular flexibility index (Phi) is 6.16. The Morgan fingerprint density at radius 3 is 2.56 bits per heavy atom. The van der Waals surface area contributed by atoms with Gasteiger partial charge < -0.3 is 5.32 Å². The Labute approximate surface area is 154 Å². The molecule has 1 unspecified atom stereocenters. The van der Waals surface area contributed by atoms with Gasteiger partial charge in [0, 0.05) is 17.0 Å². The first-order valence-corrected chi connectivity index (χ1v) is 10.1. The van der Waals surface area contributed by atoms with Crippen LogP contribution in [0, 0.1) is 6.92 Å². The Morgan fingerprint density at radius 2 is 1.88 bits per heavy atom. The molecule has 1 N–H and O–H groups in total. The normalized spacial score (nSPS) is 15.9. The molecule has 1 saturated heterocycles. The molecule has 1 aliphatic heterocycles. The molecular weight excluding hydrogens is 328 g/mol. The van der Waals surface area contributed by atoms with E-state index < -0.39 is 0 Å². The second-order valence-corrected chi connectivity index (χ2v) is 7.44. The second kappa shape index (κ2) is 8.54. The lowest BCUT2D eigenvalue weighted by atomic mass is 10.0. The summed E-state index contributed by atoms with van der Waals surface area (Å²) in [6, 6.07) is 16.8. The quantitative estimate of drug-likeness (QED) is 0.786. The maximum atomic E-state index is 12.7. The Bertz CT molecular complexity index is 711. The number of carbonyl (C=O) groups is 1. The lowest BCUT2D eigenvalue weighted by Crippen LogP contribution is -2.37. The Morgan fingerprint density at radius 1 is 1.16 bits per heavy atom. The number of hydrogen-bond donors (Lipinski definition) is 1. The van der Waals surface area contributed by atoms with Crippen LogP contribution in [0.5, 0.6) is 0 Å². The highest BCUT2D eigenvalue weighted by molar-refractivity contribution is 7.98. The number of nitrogens with zero attached hydrogens (tertiary/aromatic N) is 1. The number of thioether (sulfide) groups is 1. The largest absolute Gasteiger partial charge is 0.350 e. The fourth-order valence-electron chi connectivity index (χ4n) is 3.44. The van der Waals surface area contributed by atoms with Crippen LogP contribution in [0.4, 0.5) is 0 Å². The molecule has 4 heteroatoms. The molecule has 0 spiro atoms. The average molecular weight is 355 g/mol. The van der Waals surface area contributed by atoms with Crippen LogP contribution < -0.4 is 5.32 Å². The third kappa shape index (κ3) is 4.44. The molecule has 1 heterocycles. The van der Waals surface area contributed by atoms with E-state index in [1.807, 2.05) is 31.4 Å². The minimum absolute atomic E-state index is 0.0218. The van der Waals surface area contributed by atoms with Crippen LogP contribution in [0.15, 0.2) is 53.4 Å². The van der Waals surface area contributed by atoms with E-state index in [4.69, 9.17) is 0 Å². The monoisotopic (exact) mass is 354 g/mol. The van der Waals surface area contributed by atoms with Crippen molar-refractivity contribution in [3.8, 4) is 0 Å². The van der Waals surface area contributed by atoms with Gasteiger partial charge in [0.05, 0.1) is 6.04 Å². The van der Waals surface area contributed by atoms with Crippen LogP contribution in [0.3, 0.4) is 0 Å². The minimum atomic E-state index is 0.0218. The maximum absolute atomic E-state index is 12.7. The summed E-state index contributed by atoms with van der Waals surface area (Å²) < 4.78 is 0. The zero-order valence-electron chi connectivity index (χ0n) is 15.0. The zero-order chi connectivity index (χ0) is 17.6. The molecule has 0 saturated carbocycles. The number of rotatable bonds is 6. The number of hydrogen-bond acceptors (Lipinski definition) is 3. The molecule has 1 fully saturated rings. The van der Waals surface area contributed by atoms with E-state index in [-0.39, 0.29) is 11.9 Å². The van der Waals surface area contributed by atoms with Crippen molar-refractivity contribution < 1.29 is 4.79 Å².